The Hall–Kier alpha value is -2.34. The fourth-order valence-electron chi connectivity index (χ4n) is 3.95. The van der Waals surface area contributed by atoms with E-state index in [9.17, 15) is 4.79 Å². The number of imidazole rings is 1. The minimum Gasteiger partial charge on any atom is -0.497 e. The van der Waals surface area contributed by atoms with Crippen LogP contribution >= 0.6 is 0 Å². The van der Waals surface area contributed by atoms with Gasteiger partial charge in [0.2, 0.25) is 5.91 Å². The standard InChI is InChI=1S/C19H24N4O2/c1-14-19(24)23-10-3-4-16(23)12-21(14)13-18-20-9-11-22(18)15-5-7-17(25-2)8-6-15/h5-9,11,14,16H,3-4,10,12-13H2,1-2H3/t14-,16-/m0/s1. The van der Waals surface area contributed by atoms with E-state index in [1.807, 2.05) is 43.6 Å². The van der Waals surface area contributed by atoms with Crippen LogP contribution in [0.15, 0.2) is 36.7 Å². The third kappa shape index (κ3) is 2.91. The molecule has 0 unspecified atom stereocenters. The summed E-state index contributed by atoms with van der Waals surface area (Å²) in [6, 6.07) is 8.22. The van der Waals surface area contributed by atoms with Crippen molar-refractivity contribution >= 4 is 5.91 Å². The van der Waals surface area contributed by atoms with E-state index in [2.05, 4.69) is 19.4 Å². The van der Waals surface area contributed by atoms with E-state index in [4.69, 9.17) is 4.74 Å². The Kier molecular flexibility index (Phi) is 4.21. The maximum atomic E-state index is 12.6. The van der Waals surface area contributed by atoms with Crippen LogP contribution in [0.3, 0.4) is 0 Å². The predicted molar refractivity (Wildman–Crippen MR) is 94.7 cm³/mol. The minimum absolute atomic E-state index is 0.0876. The van der Waals surface area contributed by atoms with Gasteiger partial charge >= 0.3 is 0 Å². The summed E-state index contributed by atoms with van der Waals surface area (Å²) in [6.07, 6.45) is 6.02. The number of hydrogen-bond acceptors (Lipinski definition) is 4. The molecule has 1 aromatic carbocycles. The van der Waals surface area contributed by atoms with E-state index in [1.165, 1.54) is 0 Å². The molecule has 2 aliphatic heterocycles. The lowest BCUT2D eigenvalue weighted by molar-refractivity contribution is -0.143. The molecule has 0 N–H and O–H groups in total. The molecule has 1 amide bonds. The summed E-state index contributed by atoms with van der Waals surface area (Å²) in [4.78, 5) is 21.5. The van der Waals surface area contributed by atoms with Gasteiger partial charge in [-0.15, -0.1) is 0 Å². The Morgan fingerprint density at radius 2 is 2.08 bits per heavy atom. The monoisotopic (exact) mass is 340 g/mol. The average Bonchev–Trinajstić information content (AvgIpc) is 3.29. The molecule has 2 fully saturated rings. The fraction of sp³-hybridized carbons (Fsp3) is 0.474. The van der Waals surface area contributed by atoms with E-state index in [-0.39, 0.29) is 11.9 Å². The highest BCUT2D eigenvalue weighted by atomic mass is 16.5. The number of carbonyl (C=O) groups is 1. The van der Waals surface area contributed by atoms with Crippen molar-refractivity contribution in [3.05, 3.63) is 42.5 Å². The number of nitrogens with zero attached hydrogens (tertiary/aromatic N) is 4. The van der Waals surface area contributed by atoms with Crippen molar-refractivity contribution in [2.24, 2.45) is 0 Å². The van der Waals surface area contributed by atoms with Crippen molar-refractivity contribution in [3.63, 3.8) is 0 Å². The SMILES string of the molecule is COc1ccc(-n2ccnc2CN2C[C@@H]3CCCN3C(=O)[C@@H]2C)cc1. The number of amides is 1. The van der Waals surface area contributed by atoms with Crippen LogP contribution in [0.25, 0.3) is 5.69 Å². The highest BCUT2D eigenvalue weighted by molar-refractivity contribution is 5.83. The lowest BCUT2D eigenvalue weighted by atomic mass is 10.1. The Morgan fingerprint density at radius 3 is 2.84 bits per heavy atom. The first-order valence-corrected chi connectivity index (χ1v) is 8.88. The van der Waals surface area contributed by atoms with Gasteiger partial charge in [0.05, 0.1) is 19.7 Å². The zero-order valence-corrected chi connectivity index (χ0v) is 14.8. The first-order chi connectivity index (χ1) is 12.2. The Bertz CT molecular complexity index is 755. The van der Waals surface area contributed by atoms with Gasteiger partial charge in [0.15, 0.2) is 0 Å². The van der Waals surface area contributed by atoms with Crippen molar-refractivity contribution in [2.45, 2.75) is 38.4 Å². The summed E-state index contributed by atoms with van der Waals surface area (Å²) in [5.41, 5.74) is 1.05. The van der Waals surface area contributed by atoms with E-state index in [1.54, 1.807) is 7.11 Å². The molecule has 0 spiro atoms. The van der Waals surface area contributed by atoms with Gasteiger partial charge in [0.1, 0.15) is 11.6 Å². The van der Waals surface area contributed by atoms with Gasteiger partial charge in [-0.2, -0.15) is 0 Å². The molecule has 1 aromatic heterocycles. The first kappa shape index (κ1) is 16.1. The molecular formula is C19H24N4O2. The molecule has 0 saturated carbocycles. The molecule has 3 heterocycles. The maximum absolute atomic E-state index is 12.6. The van der Waals surface area contributed by atoms with Crippen LogP contribution < -0.4 is 4.74 Å². The molecule has 0 bridgehead atoms. The summed E-state index contributed by atoms with van der Waals surface area (Å²) in [7, 11) is 1.67. The van der Waals surface area contributed by atoms with Gasteiger partial charge < -0.3 is 14.2 Å². The molecule has 0 aliphatic carbocycles. The molecule has 2 aliphatic rings. The summed E-state index contributed by atoms with van der Waals surface area (Å²) in [6.45, 7) is 4.54. The molecular weight excluding hydrogens is 316 g/mol. The van der Waals surface area contributed by atoms with Crippen molar-refractivity contribution < 1.29 is 9.53 Å². The quantitative estimate of drug-likeness (QED) is 0.855. The Balaban J connectivity index is 1.55. The number of fused-ring (bicyclic) bond motifs is 1. The largest absolute Gasteiger partial charge is 0.497 e. The number of piperazine rings is 1. The molecule has 132 valence electrons. The lowest BCUT2D eigenvalue weighted by Crippen LogP contribution is -2.58. The van der Waals surface area contributed by atoms with Crippen LogP contribution in [0.4, 0.5) is 0 Å². The zero-order valence-electron chi connectivity index (χ0n) is 14.8. The first-order valence-electron chi connectivity index (χ1n) is 8.88. The molecule has 6 heteroatoms. The number of carbonyl (C=O) groups excluding carboxylic acids is 1. The average molecular weight is 340 g/mol. The maximum Gasteiger partial charge on any atom is 0.239 e. The molecule has 6 nitrogen and oxygen atoms in total. The van der Waals surface area contributed by atoms with Crippen LogP contribution in [0.2, 0.25) is 0 Å². The number of ether oxygens (including phenoxy) is 1. The third-order valence-corrected chi connectivity index (χ3v) is 5.42. The second kappa shape index (κ2) is 6.52. The number of benzene rings is 1. The van der Waals surface area contributed by atoms with Gasteiger partial charge in [0, 0.05) is 37.2 Å². The molecule has 25 heavy (non-hydrogen) atoms. The van der Waals surface area contributed by atoms with Crippen molar-refractivity contribution in [2.75, 3.05) is 20.2 Å². The van der Waals surface area contributed by atoms with Gasteiger partial charge in [-0.05, 0) is 44.0 Å². The summed E-state index contributed by atoms with van der Waals surface area (Å²) < 4.78 is 7.31. The van der Waals surface area contributed by atoms with Crippen molar-refractivity contribution in [1.29, 1.82) is 0 Å². The van der Waals surface area contributed by atoms with Crippen LogP contribution in [-0.2, 0) is 11.3 Å². The van der Waals surface area contributed by atoms with Crippen molar-refractivity contribution in [3.8, 4) is 11.4 Å². The normalized spacial score (nSPS) is 23.8. The van der Waals surface area contributed by atoms with E-state index >= 15 is 0 Å². The number of hydrogen-bond donors (Lipinski definition) is 0. The highest BCUT2D eigenvalue weighted by Crippen LogP contribution is 2.27. The number of rotatable bonds is 4. The molecule has 0 radical (unpaired) electrons. The second-order valence-corrected chi connectivity index (χ2v) is 6.84. The Labute approximate surface area is 148 Å². The van der Waals surface area contributed by atoms with Gasteiger partial charge in [0.25, 0.3) is 0 Å². The molecule has 2 aromatic rings. The second-order valence-electron chi connectivity index (χ2n) is 6.84. The van der Waals surface area contributed by atoms with Gasteiger partial charge in [-0.25, -0.2) is 4.98 Å². The molecule has 2 atom stereocenters. The highest BCUT2D eigenvalue weighted by Gasteiger charge is 2.40. The van der Waals surface area contributed by atoms with Gasteiger partial charge in [-0.1, -0.05) is 0 Å². The van der Waals surface area contributed by atoms with Crippen LogP contribution in [-0.4, -0.2) is 57.5 Å². The van der Waals surface area contributed by atoms with Crippen LogP contribution in [0, 0.1) is 0 Å². The molecule has 4 rings (SSSR count). The van der Waals surface area contributed by atoms with E-state index in [0.29, 0.717) is 12.6 Å². The van der Waals surface area contributed by atoms with Gasteiger partial charge in [-0.3, -0.25) is 9.69 Å². The number of methoxy groups -OCH3 is 1. The summed E-state index contributed by atoms with van der Waals surface area (Å²) in [5.74, 6) is 2.05. The van der Waals surface area contributed by atoms with E-state index in [0.717, 1.165) is 43.2 Å². The summed E-state index contributed by atoms with van der Waals surface area (Å²) in [5, 5.41) is 0. The van der Waals surface area contributed by atoms with Crippen LogP contribution in [0.5, 0.6) is 5.75 Å². The zero-order chi connectivity index (χ0) is 17.4. The number of aromatic nitrogens is 2. The third-order valence-electron chi connectivity index (χ3n) is 5.42. The topological polar surface area (TPSA) is 50.6 Å². The van der Waals surface area contributed by atoms with E-state index < -0.39 is 0 Å². The Morgan fingerprint density at radius 1 is 1.28 bits per heavy atom. The molecule has 2 saturated heterocycles. The minimum atomic E-state index is -0.0876. The fourth-order valence-corrected chi connectivity index (χ4v) is 3.95. The van der Waals surface area contributed by atoms with Crippen LogP contribution in [0.1, 0.15) is 25.6 Å². The smallest absolute Gasteiger partial charge is 0.239 e. The van der Waals surface area contributed by atoms with Crippen molar-refractivity contribution in [1.82, 2.24) is 19.4 Å². The predicted octanol–water partition coefficient (Wildman–Crippen LogP) is 2.08. The lowest BCUT2D eigenvalue weighted by Gasteiger charge is -2.41. The summed E-state index contributed by atoms with van der Waals surface area (Å²) >= 11 is 0.